The van der Waals surface area contributed by atoms with Crippen molar-refractivity contribution in [1.82, 2.24) is 126 Å². The molecule has 2 aliphatic heterocycles. The van der Waals surface area contributed by atoms with Crippen molar-refractivity contribution in [3.63, 3.8) is 0 Å². The van der Waals surface area contributed by atoms with Crippen LogP contribution in [0.4, 0.5) is 0 Å². The summed E-state index contributed by atoms with van der Waals surface area (Å²) in [6, 6.07) is -17.8. The molecule has 792 valence electrons. The van der Waals surface area contributed by atoms with Crippen LogP contribution in [0.25, 0.3) is 0 Å². The van der Waals surface area contributed by atoms with Gasteiger partial charge in [-0.25, -0.2) is 0 Å². The smallest absolute Gasteiger partial charge is 0.246 e. The Bertz CT molecular complexity index is 4320. The highest BCUT2D eigenvalue weighted by Gasteiger charge is 2.37. The number of amides is 18. The molecule has 58 nitrogen and oxygen atoms in total. The summed E-state index contributed by atoms with van der Waals surface area (Å²) in [5, 5.41) is 97.5. The van der Waals surface area contributed by atoms with E-state index >= 15 is 0 Å². The molecule has 0 aliphatic carbocycles. The van der Waals surface area contributed by atoms with Gasteiger partial charge < -0.3 is 169 Å². The van der Waals surface area contributed by atoms with Crippen molar-refractivity contribution in [3.8, 4) is 0 Å². The minimum absolute atomic E-state index is 0.000358. The van der Waals surface area contributed by atoms with Crippen LogP contribution in [-0.2, 0) is 141 Å². The van der Waals surface area contributed by atoms with E-state index in [0.717, 1.165) is 12.8 Å². The number of carbonyl (C=O) groups is 18. The van der Waals surface area contributed by atoms with Crippen LogP contribution in [0.1, 0.15) is 147 Å². The number of carbonyl (C=O) groups excluding carboxylic acids is 18. The third kappa shape index (κ3) is 51.6. The average Bonchev–Trinajstić information content (AvgIpc) is 1.66. The average molecular weight is 2010 g/mol. The van der Waals surface area contributed by atoms with Crippen LogP contribution in [-0.4, -0.2) is 376 Å². The Kier molecular flexibility index (Phi) is 59.4. The van der Waals surface area contributed by atoms with Gasteiger partial charge in [-0.2, -0.15) is 0 Å². The predicted molar refractivity (Wildman–Crippen MR) is 497 cm³/mol. The molecule has 0 aromatic carbocycles. The zero-order valence-corrected chi connectivity index (χ0v) is 79.7. The van der Waals surface area contributed by atoms with E-state index in [-0.39, 0.29) is 231 Å². The summed E-state index contributed by atoms with van der Waals surface area (Å²) < 4.78 is 36.4. The highest BCUT2D eigenvalue weighted by molar-refractivity contribution is 6.00. The number of aryl methyl sites for hydroxylation is 2. The van der Waals surface area contributed by atoms with Gasteiger partial charge in [0.1, 0.15) is 85.7 Å². The van der Waals surface area contributed by atoms with E-state index in [1.807, 2.05) is 6.92 Å². The maximum atomic E-state index is 14.5. The molecule has 18 amide bonds. The Labute approximate surface area is 813 Å². The largest absolute Gasteiger partial charge is 0.394 e. The molecule has 4 bridgehead atoms. The summed E-state index contributed by atoms with van der Waals surface area (Å²) in [6.45, 7) is -0.700. The Hall–Kier alpha value is -13.1. The number of aromatic nitrogens is 6. The molecule has 0 saturated carbocycles. The van der Waals surface area contributed by atoms with Crippen molar-refractivity contribution in [2.24, 2.45) is 34.4 Å². The summed E-state index contributed by atoms with van der Waals surface area (Å²) in [6.07, 6.45) is 5.01. The lowest BCUT2D eigenvalue weighted by Crippen LogP contribution is -2.59. The number of unbranched alkanes of at least 4 members (excludes halogenated alkanes) is 2. The summed E-state index contributed by atoms with van der Waals surface area (Å²) in [5.74, 6) is -16.9. The van der Waals surface area contributed by atoms with Gasteiger partial charge in [-0.15, -0.1) is 10.2 Å². The summed E-state index contributed by atoms with van der Waals surface area (Å²) in [5.41, 5.74) is 34.1. The quantitative estimate of drug-likeness (QED) is 0.0166. The second-order valence-electron chi connectivity index (χ2n) is 32.8. The van der Waals surface area contributed by atoms with Gasteiger partial charge in [-0.05, 0) is 123 Å². The number of rotatable bonds is 48. The molecule has 2 aliphatic rings. The van der Waals surface area contributed by atoms with E-state index in [1.54, 1.807) is 0 Å². The topological polar surface area (TPSA) is 885 Å². The number of nitrogens with two attached hydrogens (primary N) is 6. The number of nitrogens with zero attached hydrogens (tertiary/aromatic N) is 6. The summed E-state index contributed by atoms with van der Waals surface area (Å²) in [4.78, 5) is 245. The SMILES string of the molecule is CCCCC(=O)NCCOCCOCCOCC(=O)N[C@H]1Cc2cn(nn2)CCCC[C@@H](C(=O)NCCOCCOCCOCC(=O)N[C@H]2Cc3cn(nn3)CCCC[C@@H](C(N)=O)NC(=O)[C@@H](CO)NC(=O)CNC(=O)[C@@H](C)NC(=O)[C@@H](CCCNC(=N)N)NC(=O)[C@@H](CCCN)NC2=O)NC(=O)[C@@H](CCCCN)NC(=O)[C@@H](CC(N)=O)NC(=O)CNC(=O)[C@@H](CO)NC(=O)[C@@H](CCCNC(=N)N)NC1=O. The first-order chi connectivity index (χ1) is 67.6. The number of ether oxygens (including phenoxy) is 6. The van der Waals surface area contributed by atoms with Gasteiger partial charge in [0.2, 0.25) is 106 Å². The van der Waals surface area contributed by atoms with Crippen molar-refractivity contribution >= 4 is 118 Å². The van der Waals surface area contributed by atoms with E-state index in [2.05, 4.69) is 116 Å². The molecule has 4 rings (SSSR count). The number of guanidine groups is 2. The van der Waals surface area contributed by atoms with Crippen LogP contribution in [0.2, 0.25) is 0 Å². The lowest BCUT2D eigenvalue weighted by atomic mass is 10.0. The van der Waals surface area contributed by atoms with Gasteiger partial charge in [0.15, 0.2) is 11.9 Å². The number of aliphatic hydroxyl groups excluding tert-OH is 2. The van der Waals surface area contributed by atoms with E-state index in [0.29, 0.717) is 25.8 Å². The monoisotopic (exact) mass is 2010 g/mol. The molecule has 58 heteroatoms. The third-order valence-corrected chi connectivity index (χ3v) is 21.1. The van der Waals surface area contributed by atoms with Crippen molar-refractivity contribution < 1.29 is 125 Å². The highest BCUT2D eigenvalue weighted by atomic mass is 16.6. The Balaban J connectivity index is 1.51. The Morgan fingerprint density at radius 2 is 0.823 bits per heavy atom. The maximum Gasteiger partial charge on any atom is 0.246 e. The van der Waals surface area contributed by atoms with E-state index in [4.69, 9.17) is 73.6 Å². The molecule has 2 aromatic rings. The van der Waals surface area contributed by atoms with Gasteiger partial charge in [0.05, 0.1) is 110 Å². The standard InChI is InChI=1S/C83H144N32O26/c1-3-4-20-65(119)92-25-29-136-31-33-138-35-37-140-49-69(123)101-60-40-52-45-115(113-111-52)28-10-7-16-54(104-75(129)55(15-5-8-21-84)106-80(134)61(41-64(86)118)99-66(120)43-97-73(127)62(46-116)109-77(131)58(108-79(60)133)19-13-24-95-83(90)91)72(126)93-26-30-137-32-34-139-36-38-141-48-68(122)100-59-39-51-44-114(112-110-51)27-9-6-14-53(70(87)124)103-81(135)63(47-117)102-67(121)42-96-71(125)50(2)98-74(128)57(18-12-23-94-82(88)89)105-76(130)56(17-11-22-85)107-78(59)132/h44-45,50,53-63,116-117H,3-43,46-49,84-85H2,1-2H3,(H2,86,118)(H2,87,124)(H,92,119)(H,93,126)(H,96,125)(H,97,127)(H,98,128)(H,99,120)(H,100,122)(H,101,123)(H,102,121)(H,103,135)(H,104,129)(H,105,130)(H,106,134)(H,107,132)(H,108,133)(H,109,131)(H4,88,89,94)(H4,90,91,95)/t50-,53+,54+,55-,56-,57-,58-,59+,60+,61-,62-,63-/m1/s1. The van der Waals surface area contributed by atoms with Crippen molar-refractivity contribution in [2.75, 3.05) is 145 Å². The predicted octanol–water partition coefficient (Wildman–Crippen LogP) is -13.6. The lowest BCUT2D eigenvalue weighted by molar-refractivity contribution is -0.136. The molecule has 2 aromatic heterocycles. The Morgan fingerprint density at radius 1 is 0.426 bits per heavy atom. The van der Waals surface area contributed by atoms with Gasteiger partial charge in [0.25, 0.3) is 0 Å². The molecule has 141 heavy (non-hydrogen) atoms. The van der Waals surface area contributed by atoms with Crippen LogP contribution in [0.3, 0.4) is 0 Å². The minimum atomic E-state index is -1.79. The molecule has 0 unspecified atom stereocenters. The molecular formula is C83H144N32O26. The number of primary amides is 2. The number of fused-ring (bicyclic) bond motifs is 4. The van der Waals surface area contributed by atoms with Gasteiger partial charge >= 0.3 is 0 Å². The van der Waals surface area contributed by atoms with Crippen LogP contribution in [0, 0.1) is 10.8 Å². The van der Waals surface area contributed by atoms with Crippen molar-refractivity contribution in [1.29, 1.82) is 10.8 Å². The third-order valence-electron chi connectivity index (χ3n) is 21.1. The molecule has 0 saturated heterocycles. The van der Waals surface area contributed by atoms with E-state index in [1.165, 1.54) is 28.7 Å². The van der Waals surface area contributed by atoms with Crippen molar-refractivity contribution in [3.05, 3.63) is 23.8 Å². The molecule has 4 heterocycles. The van der Waals surface area contributed by atoms with Gasteiger partial charge in [-0.3, -0.25) is 106 Å². The molecule has 0 spiro atoms. The fourth-order valence-electron chi connectivity index (χ4n) is 13.6. The molecule has 0 fully saturated rings. The molecule has 34 N–H and O–H groups in total. The first-order valence-corrected chi connectivity index (χ1v) is 46.9. The number of nitrogens with one attached hydrogen (secondary N) is 20. The van der Waals surface area contributed by atoms with Crippen LogP contribution >= 0.6 is 0 Å². The maximum absolute atomic E-state index is 14.5. The van der Waals surface area contributed by atoms with Crippen molar-refractivity contribution in [2.45, 2.75) is 234 Å². The fraction of sp³-hybridized carbons (Fsp3) is 0.711. The van der Waals surface area contributed by atoms with Crippen LogP contribution < -0.4 is 130 Å². The van der Waals surface area contributed by atoms with Gasteiger partial charge in [-0.1, -0.05) is 23.8 Å². The van der Waals surface area contributed by atoms with Crippen LogP contribution in [0.5, 0.6) is 0 Å². The van der Waals surface area contributed by atoms with Crippen LogP contribution in [0.15, 0.2) is 12.4 Å². The highest BCUT2D eigenvalue weighted by Crippen LogP contribution is 2.14. The number of aliphatic hydroxyl groups is 2. The Morgan fingerprint density at radius 3 is 1.29 bits per heavy atom. The van der Waals surface area contributed by atoms with Gasteiger partial charge in [0, 0.05) is 70.9 Å². The molecular weight excluding hydrogens is 1860 g/mol. The number of hydrogen-bond donors (Lipinski definition) is 28. The molecule has 12 atom stereocenters. The second-order valence-corrected chi connectivity index (χ2v) is 32.8. The summed E-state index contributed by atoms with van der Waals surface area (Å²) >= 11 is 0. The second kappa shape index (κ2) is 69.7. The first kappa shape index (κ1) is 120. The zero-order chi connectivity index (χ0) is 104. The molecule has 0 radical (unpaired) electrons. The number of hydrogen-bond acceptors (Lipinski definition) is 34. The minimum Gasteiger partial charge on any atom is -0.394 e. The summed E-state index contributed by atoms with van der Waals surface area (Å²) in [7, 11) is 0. The zero-order valence-electron chi connectivity index (χ0n) is 79.7. The first-order valence-electron chi connectivity index (χ1n) is 46.9. The van der Waals surface area contributed by atoms with E-state index < -0.39 is 225 Å². The fourth-order valence-corrected chi connectivity index (χ4v) is 13.6. The lowest BCUT2D eigenvalue weighted by Gasteiger charge is -2.26. The van der Waals surface area contributed by atoms with E-state index in [9.17, 15) is 96.5 Å². The normalized spacial score (nSPS) is 21.7.